The van der Waals surface area contributed by atoms with Crippen LogP contribution >= 0.6 is 11.8 Å². The van der Waals surface area contributed by atoms with Crippen LogP contribution in [0.1, 0.15) is 16.5 Å². The summed E-state index contributed by atoms with van der Waals surface area (Å²) in [5.41, 5.74) is 1.56. The molecule has 3 atom stereocenters. The minimum absolute atomic E-state index is 0.0257. The van der Waals surface area contributed by atoms with E-state index < -0.39 is 51.9 Å². The molecule has 39 heavy (non-hydrogen) atoms. The van der Waals surface area contributed by atoms with Crippen LogP contribution in [0.2, 0.25) is 0 Å². The third kappa shape index (κ3) is 6.96. The van der Waals surface area contributed by atoms with Crippen LogP contribution < -0.4 is 16.0 Å². The first-order valence-corrected chi connectivity index (χ1v) is 14.6. The molecule has 0 bridgehead atoms. The van der Waals surface area contributed by atoms with Crippen LogP contribution in [0.25, 0.3) is 0 Å². The molecule has 1 saturated heterocycles. The van der Waals surface area contributed by atoms with Crippen molar-refractivity contribution in [3.63, 3.8) is 0 Å². The molecule has 3 unspecified atom stereocenters. The van der Waals surface area contributed by atoms with Gasteiger partial charge in [-0.05, 0) is 23.3 Å². The van der Waals surface area contributed by atoms with Crippen LogP contribution in [-0.2, 0) is 26.2 Å². The van der Waals surface area contributed by atoms with Crippen LogP contribution in [0, 0.1) is 0 Å². The summed E-state index contributed by atoms with van der Waals surface area (Å²) in [6.07, 6.45) is 0. The molecule has 0 saturated carbocycles. The Bertz CT molecular complexity index is 1390. The Morgan fingerprint density at radius 2 is 1.49 bits per heavy atom. The van der Waals surface area contributed by atoms with Gasteiger partial charge in [-0.15, -0.1) is 11.8 Å². The van der Waals surface area contributed by atoms with Gasteiger partial charge in [-0.2, -0.15) is 4.31 Å². The van der Waals surface area contributed by atoms with Crippen LogP contribution in [0.3, 0.4) is 0 Å². The number of aliphatic carboxylic acids is 1. The summed E-state index contributed by atoms with van der Waals surface area (Å²) in [5.74, 6) is -2.01. The molecule has 1 fully saturated rings. The molecule has 4 N–H and O–H groups in total. The van der Waals surface area contributed by atoms with Crippen molar-refractivity contribution < 1.29 is 27.9 Å². The molecule has 4 rings (SSSR count). The molecular weight excluding hydrogens is 540 g/mol. The van der Waals surface area contributed by atoms with Gasteiger partial charge < -0.3 is 21.1 Å². The first kappa shape index (κ1) is 28.1. The molecular formula is C27H28N4O6S2. The summed E-state index contributed by atoms with van der Waals surface area (Å²) in [5, 5.41) is 16.5. The van der Waals surface area contributed by atoms with E-state index in [-0.39, 0.29) is 17.2 Å². The number of carboxylic acids is 1. The summed E-state index contributed by atoms with van der Waals surface area (Å²) < 4.78 is 28.6. The van der Waals surface area contributed by atoms with Crippen LogP contribution in [0.5, 0.6) is 0 Å². The van der Waals surface area contributed by atoms with Crippen molar-refractivity contribution in [1.82, 2.24) is 20.3 Å². The molecule has 0 aromatic heterocycles. The molecule has 3 aromatic carbocycles. The van der Waals surface area contributed by atoms with E-state index in [2.05, 4.69) is 16.0 Å². The highest BCUT2D eigenvalue weighted by molar-refractivity contribution is 8.01. The molecule has 12 heteroatoms. The summed E-state index contributed by atoms with van der Waals surface area (Å²) in [7, 11) is -4.12. The average Bonchev–Trinajstić information content (AvgIpc) is 3.42. The molecule has 1 aliphatic rings. The number of nitrogens with zero attached hydrogens (tertiary/aromatic N) is 1. The topological polar surface area (TPSA) is 145 Å². The standard InChI is InChI=1S/C27H28N4O6S2/c32-24(30-22(26(33)34)17-29-27(35)28-16-19-10-4-1-5-11-19)23-18-38-25(20-12-6-2-7-13-20)31(23)39(36,37)21-14-8-3-9-15-21/h1-15,22-23,25H,16-18H2,(H,30,32)(H,33,34)(H2,28,29,35). The lowest BCUT2D eigenvalue weighted by atomic mass is 10.2. The number of amides is 3. The molecule has 0 spiro atoms. The number of thioether (sulfide) groups is 1. The highest BCUT2D eigenvalue weighted by Gasteiger charge is 2.47. The van der Waals surface area contributed by atoms with E-state index in [1.54, 1.807) is 42.5 Å². The first-order chi connectivity index (χ1) is 18.8. The van der Waals surface area contributed by atoms with E-state index in [0.29, 0.717) is 5.56 Å². The Kier molecular flexibility index (Phi) is 9.23. The quantitative estimate of drug-likeness (QED) is 0.294. The molecule has 0 aliphatic carbocycles. The number of hydrogen-bond donors (Lipinski definition) is 4. The minimum atomic E-state index is -4.12. The first-order valence-electron chi connectivity index (χ1n) is 12.1. The summed E-state index contributed by atoms with van der Waals surface area (Å²) in [6, 6.07) is 22.7. The third-order valence-corrected chi connectivity index (χ3v) is 9.38. The second kappa shape index (κ2) is 12.8. The summed E-state index contributed by atoms with van der Waals surface area (Å²) in [4.78, 5) is 37.5. The Balaban J connectivity index is 1.48. The van der Waals surface area contributed by atoms with Crippen LogP contribution in [0.4, 0.5) is 4.79 Å². The Hall–Kier alpha value is -3.87. The van der Waals surface area contributed by atoms with Crippen molar-refractivity contribution >= 4 is 39.7 Å². The monoisotopic (exact) mass is 568 g/mol. The van der Waals surface area contributed by atoms with Gasteiger partial charge in [0.15, 0.2) is 0 Å². The molecule has 204 valence electrons. The fourth-order valence-corrected chi connectivity index (χ4v) is 7.62. The molecule has 1 heterocycles. The highest BCUT2D eigenvalue weighted by Crippen LogP contribution is 2.44. The van der Waals surface area contributed by atoms with E-state index in [9.17, 15) is 27.9 Å². The number of sulfonamides is 1. The van der Waals surface area contributed by atoms with Crippen molar-refractivity contribution in [2.75, 3.05) is 12.3 Å². The van der Waals surface area contributed by atoms with Crippen molar-refractivity contribution in [2.24, 2.45) is 0 Å². The summed E-state index contributed by atoms with van der Waals surface area (Å²) in [6.45, 7) is -0.154. The predicted octanol–water partition coefficient (Wildman–Crippen LogP) is 2.56. The number of hydrogen-bond acceptors (Lipinski definition) is 6. The Morgan fingerprint density at radius 1 is 0.897 bits per heavy atom. The van der Waals surface area contributed by atoms with Crippen LogP contribution in [-0.4, -0.2) is 60.1 Å². The van der Waals surface area contributed by atoms with Gasteiger partial charge in [0.25, 0.3) is 0 Å². The van der Waals surface area contributed by atoms with Gasteiger partial charge in [-0.25, -0.2) is 18.0 Å². The number of urea groups is 1. The zero-order valence-electron chi connectivity index (χ0n) is 20.8. The largest absolute Gasteiger partial charge is 0.480 e. The Labute approximate surface area is 230 Å². The van der Waals surface area contributed by atoms with Crippen LogP contribution in [0.15, 0.2) is 95.9 Å². The third-order valence-electron chi connectivity index (χ3n) is 6.03. The second-order valence-electron chi connectivity index (χ2n) is 8.71. The second-order valence-corrected chi connectivity index (χ2v) is 11.7. The lowest BCUT2D eigenvalue weighted by Gasteiger charge is -2.29. The number of carboxylic acid groups (broad SMARTS) is 1. The highest BCUT2D eigenvalue weighted by atomic mass is 32.2. The van der Waals surface area contributed by atoms with E-state index >= 15 is 0 Å². The minimum Gasteiger partial charge on any atom is -0.480 e. The fourth-order valence-electron chi connectivity index (χ4n) is 4.06. The molecule has 3 amide bonds. The number of benzene rings is 3. The van der Waals surface area contributed by atoms with Gasteiger partial charge in [-0.1, -0.05) is 78.9 Å². The smallest absolute Gasteiger partial charge is 0.328 e. The van der Waals surface area contributed by atoms with Crippen molar-refractivity contribution in [3.05, 3.63) is 102 Å². The van der Waals surface area contributed by atoms with Gasteiger partial charge in [-0.3, -0.25) is 4.79 Å². The number of carbonyl (C=O) groups is 3. The van der Waals surface area contributed by atoms with Gasteiger partial charge in [0.1, 0.15) is 12.1 Å². The summed E-state index contributed by atoms with van der Waals surface area (Å²) >= 11 is 1.28. The lowest BCUT2D eigenvalue weighted by Crippen LogP contribution is -2.55. The maximum Gasteiger partial charge on any atom is 0.328 e. The molecule has 10 nitrogen and oxygen atoms in total. The van der Waals surface area contributed by atoms with Crippen molar-refractivity contribution in [2.45, 2.75) is 28.9 Å². The maximum atomic E-state index is 13.7. The lowest BCUT2D eigenvalue weighted by molar-refractivity contribution is -0.142. The maximum absolute atomic E-state index is 13.7. The van der Waals surface area contributed by atoms with Crippen molar-refractivity contribution in [3.8, 4) is 0 Å². The number of carbonyl (C=O) groups excluding carboxylic acids is 2. The molecule has 0 radical (unpaired) electrons. The average molecular weight is 569 g/mol. The van der Waals surface area contributed by atoms with E-state index in [4.69, 9.17) is 0 Å². The normalized spacial score (nSPS) is 18.2. The zero-order chi connectivity index (χ0) is 27.8. The van der Waals surface area contributed by atoms with E-state index in [1.165, 1.54) is 23.9 Å². The predicted molar refractivity (Wildman–Crippen MR) is 147 cm³/mol. The number of rotatable bonds is 10. The van der Waals surface area contributed by atoms with Gasteiger partial charge in [0.2, 0.25) is 15.9 Å². The van der Waals surface area contributed by atoms with Gasteiger partial charge >= 0.3 is 12.0 Å². The number of nitrogens with one attached hydrogen (secondary N) is 3. The van der Waals surface area contributed by atoms with E-state index in [0.717, 1.165) is 9.87 Å². The zero-order valence-corrected chi connectivity index (χ0v) is 22.4. The fraction of sp³-hybridized carbons (Fsp3) is 0.222. The van der Waals surface area contributed by atoms with Crippen molar-refractivity contribution in [1.29, 1.82) is 0 Å². The van der Waals surface area contributed by atoms with Gasteiger partial charge in [0.05, 0.1) is 16.8 Å². The van der Waals surface area contributed by atoms with E-state index in [1.807, 2.05) is 36.4 Å². The Morgan fingerprint density at radius 3 is 2.10 bits per heavy atom. The molecule has 3 aromatic rings. The van der Waals surface area contributed by atoms with Gasteiger partial charge in [0, 0.05) is 12.3 Å². The SMILES string of the molecule is O=C(NCc1ccccc1)NCC(NC(=O)C1CSC(c2ccccc2)N1S(=O)(=O)c1ccccc1)C(=O)O. The molecule has 1 aliphatic heterocycles.